The summed E-state index contributed by atoms with van der Waals surface area (Å²) in [5.41, 5.74) is -12.2. The molecule has 0 radical (unpaired) electrons. The van der Waals surface area contributed by atoms with Crippen molar-refractivity contribution in [2.45, 2.75) is 11.0 Å². The molecule has 0 spiro atoms. The summed E-state index contributed by atoms with van der Waals surface area (Å²) in [4.78, 5) is 21.5. The van der Waals surface area contributed by atoms with Crippen molar-refractivity contribution in [3.05, 3.63) is 22.7 Å². The number of methoxy groups -OCH3 is 1. The van der Waals surface area contributed by atoms with Crippen LogP contribution in [0.25, 0.3) is 0 Å². The number of halogens is 6. The summed E-state index contributed by atoms with van der Waals surface area (Å²) in [5, 5.41) is 8.49. The summed E-state index contributed by atoms with van der Waals surface area (Å²) in [5.74, 6) is -4.17. The Hall–Kier alpha value is -2.58. The van der Waals surface area contributed by atoms with Gasteiger partial charge in [0, 0.05) is 0 Å². The number of alkyl halides is 6. The molecule has 12 nitrogen and oxygen atoms in total. The third-order valence-corrected chi connectivity index (χ3v) is 5.28. The van der Waals surface area contributed by atoms with Crippen molar-refractivity contribution < 1.29 is 80.5 Å². The quantitative estimate of drug-likeness (QED) is 0.216. The van der Waals surface area contributed by atoms with Crippen LogP contribution in [-0.2, 0) is 52.4 Å². The SMILES string of the molecule is COC(=O)C1=C(OS(=O)(=O)C(F)(F)F)COC1.O=C(O)C1=C(OS(=O)(=O)C(F)(F)F)COC1. The Morgan fingerprint density at radius 1 is 0.788 bits per heavy atom. The molecule has 33 heavy (non-hydrogen) atoms. The molecule has 0 aromatic rings. The normalized spacial score (nSPS) is 17.4. The predicted molar refractivity (Wildman–Crippen MR) is 87.5 cm³/mol. The molecule has 0 unspecified atom stereocenters. The number of aliphatic carboxylic acids is 1. The third kappa shape index (κ3) is 7.20. The van der Waals surface area contributed by atoms with Gasteiger partial charge in [0.1, 0.15) is 24.4 Å². The van der Waals surface area contributed by atoms with Gasteiger partial charge in [0.2, 0.25) is 0 Å². The van der Waals surface area contributed by atoms with Gasteiger partial charge in [0.05, 0.1) is 20.3 Å². The standard InChI is InChI=1S/C7H7F3O6S.C6H5F3O6S/c1-14-6(11)4-2-15-3-5(4)16-17(12,13)7(8,9)10;7-6(8,9)16(12,13)15-4-2-14-1-3(4)5(10)11/h2-3H2,1H3;1-2H2,(H,10,11). The number of carbonyl (C=O) groups is 2. The van der Waals surface area contributed by atoms with Crippen molar-refractivity contribution >= 4 is 32.2 Å². The van der Waals surface area contributed by atoms with Gasteiger partial charge in [-0.05, 0) is 0 Å². The maximum Gasteiger partial charge on any atom is 0.534 e. The van der Waals surface area contributed by atoms with Gasteiger partial charge in [0.15, 0.2) is 11.5 Å². The molecule has 0 amide bonds. The van der Waals surface area contributed by atoms with E-state index in [1.807, 2.05) is 0 Å². The van der Waals surface area contributed by atoms with Crippen LogP contribution in [0.3, 0.4) is 0 Å². The van der Waals surface area contributed by atoms with Gasteiger partial charge in [-0.1, -0.05) is 0 Å². The second-order valence-corrected chi connectivity index (χ2v) is 8.63. The number of carbonyl (C=O) groups excluding carboxylic acids is 1. The number of rotatable bonds is 6. The van der Waals surface area contributed by atoms with Crippen LogP contribution in [0.1, 0.15) is 0 Å². The Morgan fingerprint density at radius 3 is 1.48 bits per heavy atom. The van der Waals surface area contributed by atoms with Gasteiger partial charge < -0.3 is 27.7 Å². The average molecular weight is 538 g/mol. The largest absolute Gasteiger partial charge is 0.534 e. The van der Waals surface area contributed by atoms with E-state index in [1.165, 1.54) is 0 Å². The van der Waals surface area contributed by atoms with E-state index >= 15 is 0 Å². The maximum absolute atomic E-state index is 12.0. The lowest BCUT2D eigenvalue weighted by Gasteiger charge is -2.10. The molecule has 0 atom stereocenters. The highest BCUT2D eigenvalue weighted by atomic mass is 32.2. The summed E-state index contributed by atoms with van der Waals surface area (Å²) < 4.78 is 135. The van der Waals surface area contributed by atoms with E-state index in [0.29, 0.717) is 0 Å². The van der Waals surface area contributed by atoms with Crippen molar-refractivity contribution in [2.24, 2.45) is 0 Å². The van der Waals surface area contributed by atoms with Crippen LogP contribution in [0.5, 0.6) is 0 Å². The van der Waals surface area contributed by atoms with Crippen LogP contribution in [-0.4, -0.2) is 78.4 Å². The number of hydrogen-bond acceptors (Lipinski definition) is 11. The van der Waals surface area contributed by atoms with Crippen LogP contribution in [0.2, 0.25) is 0 Å². The molecule has 2 heterocycles. The summed E-state index contributed by atoms with van der Waals surface area (Å²) in [6, 6.07) is 0. The Morgan fingerprint density at radius 2 is 1.15 bits per heavy atom. The van der Waals surface area contributed by atoms with Gasteiger partial charge in [-0.25, -0.2) is 9.59 Å². The van der Waals surface area contributed by atoms with E-state index in [0.717, 1.165) is 7.11 Å². The zero-order valence-electron chi connectivity index (χ0n) is 15.9. The van der Waals surface area contributed by atoms with E-state index in [-0.39, 0.29) is 12.2 Å². The Bertz CT molecular complexity index is 1050. The molecular weight excluding hydrogens is 526 g/mol. The van der Waals surface area contributed by atoms with Crippen LogP contribution in [0.15, 0.2) is 22.7 Å². The topological polar surface area (TPSA) is 169 Å². The minimum Gasteiger partial charge on any atom is -0.478 e. The highest BCUT2D eigenvalue weighted by Crippen LogP contribution is 2.30. The molecule has 0 fully saturated rings. The first-order valence-corrected chi connectivity index (χ1v) is 10.6. The molecule has 2 aliphatic rings. The Kier molecular flexibility index (Phi) is 8.74. The minimum absolute atomic E-state index is 0.366. The first kappa shape index (κ1) is 28.5. The van der Waals surface area contributed by atoms with Crippen molar-refractivity contribution in [3.63, 3.8) is 0 Å². The van der Waals surface area contributed by atoms with Gasteiger partial charge in [-0.2, -0.15) is 43.2 Å². The highest BCUT2D eigenvalue weighted by Gasteiger charge is 2.50. The van der Waals surface area contributed by atoms with Crippen LogP contribution in [0.4, 0.5) is 26.3 Å². The fourth-order valence-corrected chi connectivity index (χ4v) is 2.83. The number of hydrogen-bond donors (Lipinski definition) is 1. The molecule has 190 valence electrons. The van der Waals surface area contributed by atoms with Crippen molar-refractivity contribution in [2.75, 3.05) is 33.5 Å². The molecule has 20 heteroatoms. The molecule has 0 bridgehead atoms. The molecule has 0 aliphatic carbocycles. The fraction of sp³-hybridized carbons (Fsp3) is 0.538. The molecule has 0 saturated carbocycles. The van der Waals surface area contributed by atoms with E-state index in [1.54, 1.807) is 0 Å². The molecule has 0 saturated heterocycles. The zero-order valence-corrected chi connectivity index (χ0v) is 17.5. The number of esters is 1. The van der Waals surface area contributed by atoms with Gasteiger partial charge in [0.25, 0.3) is 0 Å². The van der Waals surface area contributed by atoms with Crippen LogP contribution >= 0.6 is 0 Å². The lowest BCUT2D eigenvalue weighted by atomic mass is 10.3. The molecule has 2 aliphatic heterocycles. The number of carboxylic acids is 1. The zero-order chi connectivity index (χ0) is 25.8. The van der Waals surface area contributed by atoms with E-state index in [4.69, 9.17) is 5.11 Å². The predicted octanol–water partition coefficient (Wildman–Crippen LogP) is 0.531. The first-order chi connectivity index (χ1) is 14.8. The third-order valence-electron chi connectivity index (χ3n) is 3.31. The summed E-state index contributed by atoms with van der Waals surface area (Å²) in [6.07, 6.45) is 0. The van der Waals surface area contributed by atoms with E-state index in [9.17, 15) is 52.8 Å². The van der Waals surface area contributed by atoms with Crippen molar-refractivity contribution in [3.8, 4) is 0 Å². The second-order valence-electron chi connectivity index (χ2n) is 5.55. The summed E-state index contributed by atoms with van der Waals surface area (Å²) in [7, 11) is -10.7. The van der Waals surface area contributed by atoms with Gasteiger partial charge in [-0.15, -0.1) is 0 Å². The van der Waals surface area contributed by atoms with E-state index in [2.05, 4.69) is 22.6 Å². The van der Waals surface area contributed by atoms with Gasteiger partial charge in [-0.3, -0.25) is 0 Å². The Labute approximate surface area is 180 Å². The van der Waals surface area contributed by atoms with Crippen LogP contribution in [0, 0.1) is 0 Å². The summed E-state index contributed by atoms with van der Waals surface area (Å²) in [6.45, 7) is -2.04. The van der Waals surface area contributed by atoms with E-state index < -0.39 is 80.1 Å². The lowest BCUT2D eigenvalue weighted by Crippen LogP contribution is -2.26. The number of ether oxygens (including phenoxy) is 3. The van der Waals surface area contributed by atoms with Gasteiger partial charge >= 0.3 is 43.2 Å². The van der Waals surface area contributed by atoms with Crippen LogP contribution < -0.4 is 0 Å². The molecular formula is C13H12F6O12S2. The number of carboxylic acid groups (broad SMARTS) is 1. The fourth-order valence-electron chi connectivity index (χ4n) is 1.81. The highest BCUT2D eigenvalue weighted by molar-refractivity contribution is 7.88. The molecule has 2 rings (SSSR count). The Balaban J connectivity index is 0.000000331. The molecule has 0 aromatic carbocycles. The van der Waals surface area contributed by atoms with Crippen molar-refractivity contribution in [1.82, 2.24) is 0 Å². The average Bonchev–Trinajstić information content (AvgIpc) is 3.28. The second kappa shape index (κ2) is 10.1. The maximum atomic E-state index is 12.0. The smallest absolute Gasteiger partial charge is 0.478 e. The summed E-state index contributed by atoms with van der Waals surface area (Å²) >= 11 is 0. The molecule has 0 aromatic heterocycles. The lowest BCUT2D eigenvalue weighted by molar-refractivity contribution is -0.136. The monoisotopic (exact) mass is 538 g/mol. The van der Waals surface area contributed by atoms with Crippen molar-refractivity contribution in [1.29, 1.82) is 0 Å². The molecule has 1 N–H and O–H groups in total. The first-order valence-electron chi connectivity index (χ1n) is 7.76. The minimum atomic E-state index is -5.85.